The molecule has 0 spiro atoms. The van der Waals surface area contributed by atoms with Gasteiger partial charge in [0.25, 0.3) is 0 Å². The van der Waals surface area contributed by atoms with Crippen molar-refractivity contribution in [2.45, 2.75) is 6.54 Å². The van der Waals surface area contributed by atoms with Crippen LogP contribution in [0.5, 0.6) is 0 Å². The number of anilines is 1. The van der Waals surface area contributed by atoms with Crippen molar-refractivity contribution < 1.29 is 13.6 Å². The minimum Gasteiger partial charge on any atom is -0.368 e. The minimum atomic E-state index is -0.273. The number of nitrogens with zero attached hydrogens (tertiary/aromatic N) is 4. The Bertz CT molecular complexity index is 875. The van der Waals surface area contributed by atoms with Crippen molar-refractivity contribution >= 4 is 23.2 Å². The predicted molar refractivity (Wildman–Crippen MR) is 118 cm³/mol. The van der Waals surface area contributed by atoms with Gasteiger partial charge in [0.2, 0.25) is 5.91 Å². The van der Waals surface area contributed by atoms with Crippen LogP contribution in [0.2, 0.25) is 5.02 Å². The molecule has 2 saturated heterocycles. The molecule has 2 aromatic rings. The van der Waals surface area contributed by atoms with Crippen LogP contribution in [-0.2, 0) is 11.3 Å². The van der Waals surface area contributed by atoms with Crippen molar-refractivity contribution in [1.29, 1.82) is 0 Å². The Morgan fingerprint density at radius 3 is 2.13 bits per heavy atom. The number of hydrogen-bond acceptors (Lipinski definition) is 4. The molecule has 0 atom stereocenters. The monoisotopic (exact) mass is 448 g/mol. The van der Waals surface area contributed by atoms with E-state index in [0.29, 0.717) is 36.8 Å². The predicted octanol–water partition coefficient (Wildman–Crippen LogP) is 3.08. The van der Waals surface area contributed by atoms with Gasteiger partial charge in [-0.1, -0.05) is 17.7 Å². The van der Waals surface area contributed by atoms with Crippen LogP contribution < -0.4 is 4.90 Å². The Morgan fingerprint density at radius 1 is 0.839 bits per heavy atom. The van der Waals surface area contributed by atoms with E-state index in [0.717, 1.165) is 45.0 Å². The molecule has 0 saturated carbocycles. The molecule has 8 heteroatoms. The number of benzene rings is 2. The van der Waals surface area contributed by atoms with Gasteiger partial charge in [0.05, 0.1) is 6.54 Å². The van der Waals surface area contributed by atoms with Crippen LogP contribution in [-0.4, -0.2) is 79.5 Å². The second-order valence-corrected chi connectivity index (χ2v) is 8.50. The van der Waals surface area contributed by atoms with E-state index in [2.05, 4.69) is 14.7 Å². The van der Waals surface area contributed by atoms with Crippen molar-refractivity contribution in [2.24, 2.45) is 0 Å². The lowest BCUT2D eigenvalue weighted by Gasteiger charge is -2.38. The van der Waals surface area contributed by atoms with Gasteiger partial charge < -0.3 is 9.80 Å². The van der Waals surface area contributed by atoms with E-state index in [9.17, 15) is 13.6 Å². The van der Waals surface area contributed by atoms with Crippen molar-refractivity contribution in [3.8, 4) is 0 Å². The Balaban J connectivity index is 1.21. The van der Waals surface area contributed by atoms with Gasteiger partial charge in [-0.2, -0.15) is 0 Å². The molecule has 0 unspecified atom stereocenters. The highest BCUT2D eigenvalue weighted by molar-refractivity contribution is 6.31. The number of amides is 1. The number of halogens is 3. The standard InChI is InChI=1S/C23H27ClF2N4O/c24-21-2-1-3-22(26)20(21)16-27-8-10-28(11-9-27)17-23(31)30-14-12-29(13-15-30)19-6-4-18(25)5-7-19/h1-7H,8-17H2. The van der Waals surface area contributed by atoms with E-state index in [4.69, 9.17) is 11.6 Å². The van der Waals surface area contributed by atoms with E-state index >= 15 is 0 Å². The second-order valence-electron chi connectivity index (χ2n) is 8.10. The van der Waals surface area contributed by atoms with Crippen molar-refractivity contribution in [3.63, 3.8) is 0 Å². The van der Waals surface area contributed by atoms with Crippen LogP contribution in [0.4, 0.5) is 14.5 Å². The number of rotatable bonds is 5. The normalized spacial score (nSPS) is 18.4. The van der Waals surface area contributed by atoms with E-state index in [1.54, 1.807) is 24.3 Å². The summed E-state index contributed by atoms with van der Waals surface area (Å²) in [4.78, 5) is 21.2. The lowest BCUT2D eigenvalue weighted by Crippen LogP contribution is -2.53. The highest BCUT2D eigenvalue weighted by Gasteiger charge is 2.25. The van der Waals surface area contributed by atoms with Crippen LogP contribution in [0.3, 0.4) is 0 Å². The fourth-order valence-corrected chi connectivity index (χ4v) is 4.39. The Morgan fingerprint density at radius 2 is 1.48 bits per heavy atom. The molecule has 166 valence electrons. The summed E-state index contributed by atoms with van der Waals surface area (Å²) in [6.45, 7) is 6.81. The summed E-state index contributed by atoms with van der Waals surface area (Å²) in [5, 5.41) is 0.456. The molecule has 2 aliphatic heterocycles. The van der Waals surface area contributed by atoms with Gasteiger partial charge in [-0.3, -0.25) is 14.6 Å². The third kappa shape index (κ3) is 5.53. The van der Waals surface area contributed by atoms with Crippen LogP contribution in [0, 0.1) is 11.6 Å². The molecule has 0 bridgehead atoms. The van der Waals surface area contributed by atoms with Crippen molar-refractivity contribution in [3.05, 3.63) is 64.7 Å². The Labute approximate surface area is 186 Å². The van der Waals surface area contributed by atoms with Crippen LogP contribution in [0.1, 0.15) is 5.56 Å². The molecule has 0 aliphatic carbocycles. The van der Waals surface area contributed by atoms with Crippen molar-refractivity contribution in [2.75, 3.05) is 63.8 Å². The number of carbonyl (C=O) groups is 1. The van der Waals surface area contributed by atoms with Gasteiger partial charge in [-0.15, -0.1) is 0 Å². The summed E-state index contributed by atoms with van der Waals surface area (Å²) in [5.74, 6) is -0.371. The maximum absolute atomic E-state index is 14.0. The number of piperazine rings is 2. The topological polar surface area (TPSA) is 30.0 Å². The van der Waals surface area contributed by atoms with E-state index in [-0.39, 0.29) is 17.5 Å². The quantitative estimate of drug-likeness (QED) is 0.703. The molecule has 2 aromatic carbocycles. The molecule has 0 radical (unpaired) electrons. The zero-order valence-electron chi connectivity index (χ0n) is 17.4. The molecule has 5 nitrogen and oxygen atoms in total. The van der Waals surface area contributed by atoms with E-state index in [1.165, 1.54) is 18.2 Å². The third-order valence-electron chi connectivity index (χ3n) is 6.09. The zero-order valence-corrected chi connectivity index (χ0v) is 18.2. The lowest BCUT2D eigenvalue weighted by atomic mass is 10.2. The molecule has 2 heterocycles. The first-order valence-electron chi connectivity index (χ1n) is 10.7. The van der Waals surface area contributed by atoms with Gasteiger partial charge in [-0.05, 0) is 36.4 Å². The first-order chi connectivity index (χ1) is 15.0. The minimum absolute atomic E-state index is 0.143. The molecule has 0 aromatic heterocycles. The third-order valence-corrected chi connectivity index (χ3v) is 6.45. The summed E-state index contributed by atoms with van der Waals surface area (Å²) < 4.78 is 27.1. The lowest BCUT2D eigenvalue weighted by molar-refractivity contribution is -0.133. The summed E-state index contributed by atoms with van der Waals surface area (Å²) in [7, 11) is 0. The van der Waals surface area contributed by atoms with E-state index in [1.807, 2.05) is 4.90 Å². The van der Waals surface area contributed by atoms with Gasteiger partial charge >= 0.3 is 0 Å². The largest absolute Gasteiger partial charge is 0.368 e. The Hall–Kier alpha value is -2.22. The summed E-state index contributed by atoms with van der Waals surface area (Å²) >= 11 is 6.14. The van der Waals surface area contributed by atoms with E-state index < -0.39 is 0 Å². The van der Waals surface area contributed by atoms with Crippen LogP contribution >= 0.6 is 11.6 Å². The summed E-state index contributed by atoms with van der Waals surface area (Å²) in [5.41, 5.74) is 1.52. The molecule has 31 heavy (non-hydrogen) atoms. The van der Waals surface area contributed by atoms with Gasteiger partial charge in [0.1, 0.15) is 11.6 Å². The van der Waals surface area contributed by atoms with Gasteiger partial charge in [0, 0.05) is 75.2 Å². The molecule has 0 N–H and O–H groups in total. The second kappa shape index (κ2) is 9.94. The number of hydrogen-bond donors (Lipinski definition) is 0. The average Bonchev–Trinajstić information content (AvgIpc) is 2.78. The zero-order chi connectivity index (χ0) is 21.8. The van der Waals surface area contributed by atoms with Gasteiger partial charge in [0.15, 0.2) is 0 Å². The maximum Gasteiger partial charge on any atom is 0.236 e. The highest BCUT2D eigenvalue weighted by Crippen LogP contribution is 2.21. The fraction of sp³-hybridized carbons (Fsp3) is 0.435. The fourth-order valence-electron chi connectivity index (χ4n) is 4.17. The first kappa shape index (κ1) is 22.0. The highest BCUT2D eigenvalue weighted by atomic mass is 35.5. The summed E-state index contributed by atoms with van der Waals surface area (Å²) in [6.07, 6.45) is 0. The van der Waals surface area contributed by atoms with Crippen molar-refractivity contribution in [1.82, 2.24) is 14.7 Å². The number of carbonyl (C=O) groups excluding carboxylic acids is 1. The molecule has 2 fully saturated rings. The first-order valence-corrected chi connectivity index (χ1v) is 11.0. The molecule has 2 aliphatic rings. The SMILES string of the molecule is O=C(CN1CCN(Cc2c(F)cccc2Cl)CC1)N1CCN(c2ccc(F)cc2)CC1. The maximum atomic E-state index is 14.0. The molecule has 4 rings (SSSR count). The summed E-state index contributed by atoms with van der Waals surface area (Å²) in [6, 6.07) is 11.3. The smallest absolute Gasteiger partial charge is 0.236 e. The van der Waals surface area contributed by atoms with Gasteiger partial charge in [-0.25, -0.2) is 8.78 Å². The molecular formula is C23H27ClF2N4O. The van der Waals surface area contributed by atoms with Crippen LogP contribution in [0.25, 0.3) is 0 Å². The molecule has 1 amide bonds. The average molecular weight is 449 g/mol. The molecular weight excluding hydrogens is 422 g/mol. The Kier molecular flexibility index (Phi) is 7.05. The van der Waals surface area contributed by atoms with Crippen LogP contribution in [0.15, 0.2) is 42.5 Å².